The Balaban J connectivity index is 1.62. The van der Waals surface area contributed by atoms with Crippen molar-refractivity contribution in [2.45, 2.75) is 32.0 Å². The van der Waals surface area contributed by atoms with Crippen LogP contribution in [-0.4, -0.2) is 47.4 Å². The Bertz CT molecular complexity index is 1290. The molecule has 2 N–H and O–H groups in total. The summed E-state index contributed by atoms with van der Waals surface area (Å²) in [6, 6.07) is 12.7. The van der Waals surface area contributed by atoms with Gasteiger partial charge in [0.05, 0.1) is 54.2 Å². The van der Waals surface area contributed by atoms with Crippen LogP contribution >= 0.6 is 23.2 Å². The first-order chi connectivity index (χ1) is 16.9. The van der Waals surface area contributed by atoms with E-state index in [0.717, 1.165) is 23.8 Å². The van der Waals surface area contributed by atoms with Crippen LogP contribution in [0.3, 0.4) is 0 Å². The van der Waals surface area contributed by atoms with E-state index >= 15 is 0 Å². The number of aromatic nitrogens is 1. The molecular weight excluding hydrogens is 491 g/mol. The third-order valence-corrected chi connectivity index (χ3v) is 6.64. The predicted molar refractivity (Wildman–Crippen MR) is 134 cm³/mol. The maximum absolute atomic E-state index is 11.4. The molecule has 35 heavy (non-hydrogen) atoms. The number of likely N-dealkylation sites (tertiary alicyclic amines) is 1. The van der Waals surface area contributed by atoms with Gasteiger partial charge in [0.25, 0.3) is 0 Å². The molecule has 1 fully saturated rings. The lowest BCUT2D eigenvalue weighted by atomic mass is 10.1. The van der Waals surface area contributed by atoms with Gasteiger partial charge in [-0.3, -0.25) is 0 Å². The van der Waals surface area contributed by atoms with Crippen molar-refractivity contribution in [2.24, 2.45) is 0 Å². The van der Waals surface area contributed by atoms with Gasteiger partial charge in [-0.2, -0.15) is 5.26 Å². The van der Waals surface area contributed by atoms with E-state index in [4.69, 9.17) is 32.7 Å². The van der Waals surface area contributed by atoms with E-state index in [-0.39, 0.29) is 24.4 Å². The molecule has 1 aromatic heterocycles. The van der Waals surface area contributed by atoms with Crippen LogP contribution < -0.4 is 10.1 Å². The molecule has 1 saturated heterocycles. The van der Waals surface area contributed by atoms with E-state index in [2.05, 4.69) is 16.4 Å². The molecule has 10 heteroatoms. The maximum Gasteiger partial charge on any atom is 0.407 e. The predicted octanol–water partition coefficient (Wildman–Crippen LogP) is 5.69. The van der Waals surface area contributed by atoms with Gasteiger partial charge in [0.2, 0.25) is 0 Å². The van der Waals surface area contributed by atoms with Crippen LogP contribution in [0.2, 0.25) is 10.2 Å². The lowest BCUT2D eigenvalue weighted by Gasteiger charge is -2.22. The molecule has 0 unspecified atom stereocenters. The van der Waals surface area contributed by atoms with Crippen LogP contribution in [-0.2, 0) is 17.9 Å². The average molecular weight is 515 g/mol. The van der Waals surface area contributed by atoms with Gasteiger partial charge in [0.1, 0.15) is 10.9 Å². The van der Waals surface area contributed by atoms with E-state index in [9.17, 15) is 15.2 Å². The van der Waals surface area contributed by atoms with Crippen LogP contribution in [0, 0.1) is 11.3 Å². The monoisotopic (exact) mass is 514 g/mol. The minimum Gasteiger partial charge on any atom is -0.495 e. The van der Waals surface area contributed by atoms with E-state index in [1.165, 1.54) is 4.90 Å². The third kappa shape index (κ3) is 5.54. The van der Waals surface area contributed by atoms with Crippen molar-refractivity contribution in [3.8, 4) is 11.8 Å². The number of nitriles is 1. The molecule has 1 aliphatic heterocycles. The maximum atomic E-state index is 11.4. The number of rotatable bonds is 8. The molecule has 0 spiro atoms. The summed E-state index contributed by atoms with van der Waals surface area (Å²) in [4.78, 5) is 17.3. The Morgan fingerprint density at radius 3 is 2.86 bits per heavy atom. The molecule has 182 valence electrons. The van der Waals surface area contributed by atoms with Crippen molar-refractivity contribution in [1.82, 2.24) is 9.88 Å². The Labute approximate surface area is 213 Å². The second kappa shape index (κ2) is 11.0. The number of hydrogen-bond acceptors (Lipinski definition) is 6. The number of nitrogens with one attached hydrogen (secondary N) is 1. The number of carboxylic acid groups (broad SMARTS) is 1. The van der Waals surface area contributed by atoms with Crippen molar-refractivity contribution in [1.29, 1.82) is 5.26 Å². The van der Waals surface area contributed by atoms with Crippen LogP contribution in [0.1, 0.15) is 29.5 Å². The number of ether oxygens (including phenoxy) is 2. The van der Waals surface area contributed by atoms with Crippen molar-refractivity contribution in [2.75, 3.05) is 25.6 Å². The summed E-state index contributed by atoms with van der Waals surface area (Å²) in [7, 11) is 1.56. The summed E-state index contributed by atoms with van der Waals surface area (Å²) in [5.74, 6) is 0.586. The standard InChI is InChI=1S/C25H24Cl2N4O4/c1-34-22-7-5-16(10-20(22)26)12-29-23-18-9-15(11-28)4-6-21(18)30-24(27)19(23)14-35-13-17-3-2-8-31(17)25(32)33/h4-7,9-10,17H,2-3,8,12-14H2,1H3,(H,29,30)(H,32,33)/t17-/m0/s1. The fourth-order valence-corrected chi connectivity index (χ4v) is 4.76. The summed E-state index contributed by atoms with van der Waals surface area (Å²) in [6.07, 6.45) is 0.628. The molecule has 0 radical (unpaired) electrons. The van der Waals surface area contributed by atoms with Gasteiger partial charge in [0.15, 0.2) is 0 Å². The molecule has 2 heterocycles. The van der Waals surface area contributed by atoms with Crippen LogP contribution in [0.4, 0.5) is 10.5 Å². The third-order valence-electron chi connectivity index (χ3n) is 6.03. The molecule has 4 rings (SSSR count). The highest BCUT2D eigenvalue weighted by Gasteiger charge is 2.28. The lowest BCUT2D eigenvalue weighted by molar-refractivity contribution is 0.0645. The fourth-order valence-electron chi connectivity index (χ4n) is 4.24. The highest BCUT2D eigenvalue weighted by molar-refractivity contribution is 6.32. The zero-order valence-corrected chi connectivity index (χ0v) is 20.6. The zero-order chi connectivity index (χ0) is 24.9. The summed E-state index contributed by atoms with van der Waals surface area (Å²) < 4.78 is 11.2. The minimum atomic E-state index is -0.939. The van der Waals surface area contributed by atoms with E-state index in [1.807, 2.05) is 12.1 Å². The van der Waals surface area contributed by atoms with Gasteiger partial charge in [-0.05, 0) is 48.7 Å². The smallest absolute Gasteiger partial charge is 0.407 e. The summed E-state index contributed by atoms with van der Waals surface area (Å²) in [5, 5.41) is 23.7. The fraction of sp³-hybridized carbons (Fsp3) is 0.320. The van der Waals surface area contributed by atoms with Gasteiger partial charge in [-0.1, -0.05) is 29.3 Å². The molecule has 2 aromatic carbocycles. The Morgan fingerprint density at radius 1 is 1.31 bits per heavy atom. The molecule has 3 aromatic rings. The van der Waals surface area contributed by atoms with Gasteiger partial charge >= 0.3 is 6.09 Å². The first kappa shape index (κ1) is 24.9. The van der Waals surface area contributed by atoms with Gasteiger partial charge in [-0.25, -0.2) is 9.78 Å². The van der Waals surface area contributed by atoms with Crippen molar-refractivity contribution >= 4 is 45.9 Å². The van der Waals surface area contributed by atoms with Gasteiger partial charge in [-0.15, -0.1) is 0 Å². The van der Waals surface area contributed by atoms with E-state index in [1.54, 1.807) is 31.4 Å². The number of amides is 1. The van der Waals surface area contributed by atoms with E-state index in [0.29, 0.717) is 46.2 Å². The molecule has 1 atom stereocenters. The summed E-state index contributed by atoms with van der Waals surface area (Å²) >= 11 is 12.8. The summed E-state index contributed by atoms with van der Waals surface area (Å²) in [6.45, 7) is 1.33. The number of anilines is 1. The summed E-state index contributed by atoms with van der Waals surface area (Å²) in [5.41, 5.74) is 3.38. The van der Waals surface area contributed by atoms with Gasteiger partial charge in [0, 0.05) is 24.0 Å². The quantitative estimate of drug-likeness (QED) is 0.371. The zero-order valence-electron chi connectivity index (χ0n) is 19.1. The molecule has 0 bridgehead atoms. The molecule has 8 nitrogen and oxygen atoms in total. The number of carbonyl (C=O) groups is 1. The normalized spacial score (nSPS) is 15.3. The Kier molecular flexibility index (Phi) is 7.81. The molecule has 1 amide bonds. The first-order valence-corrected chi connectivity index (χ1v) is 11.8. The SMILES string of the molecule is COc1ccc(CNc2c(COC[C@@H]3CCCN3C(=O)O)c(Cl)nc3ccc(C#N)cc23)cc1Cl. The van der Waals surface area contributed by atoms with Crippen LogP contribution in [0.25, 0.3) is 10.9 Å². The largest absolute Gasteiger partial charge is 0.495 e. The first-order valence-electron chi connectivity index (χ1n) is 11.1. The highest BCUT2D eigenvalue weighted by Crippen LogP contribution is 2.34. The second-order valence-corrected chi connectivity index (χ2v) is 8.97. The number of fused-ring (bicyclic) bond motifs is 1. The van der Waals surface area contributed by atoms with E-state index < -0.39 is 6.09 Å². The van der Waals surface area contributed by atoms with Crippen molar-refractivity contribution in [3.63, 3.8) is 0 Å². The lowest BCUT2D eigenvalue weighted by Crippen LogP contribution is -2.37. The van der Waals surface area contributed by atoms with Gasteiger partial charge < -0.3 is 24.8 Å². The Hall–Kier alpha value is -3.25. The van der Waals surface area contributed by atoms with Crippen LogP contribution in [0.15, 0.2) is 36.4 Å². The van der Waals surface area contributed by atoms with Crippen LogP contribution in [0.5, 0.6) is 5.75 Å². The van der Waals surface area contributed by atoms with Crippen molar-refractivity contribution < 1.29 is 19.4 Å². The minimum absolute atomic E-state index is 0.133. The number of halogens is 2. The number of methoxy groups -OCH3 is 1. The molecule has 0 aliphatic carbocycles. The number of benzene rings is 2. The van der Waals surface area contributed by atoms with Crippen molar-refractivity contribution in [3.05, 3.63) is 63.3 Å². The second-order valence-electron chi connectivity index (χ2n) is 8.21. The number of pyridine rings is 1. The highest BCUT2D eigenvalue weighted by atomic mass is 35.5. The Morgan fingerprint density at radius 2 is 2.14 bits per heavy atom. The molecule has 1 aliphatic rings. The average Bonchev–Trinajstić information content (AvgIpc) is 3.32. The molecule has 0 saturated carbocycles. The molecular formula is C25H24Cl2N4O4. The topological polar surface area (TPSA) is 108 Å². The number of hydrogen-bond donors (Lipinski definition) is 2. The number of nitrogens with zero attached hydrogens (tertiary/aromatic N) is 3.